The molecular formula is C14H9ClF3NO2. The molecule has 1 heterocycles. The van der Waals surface area contributed by atoms with Gasteiger partial charge in [-0.25, -0.2) is 13.2 Å². The van der Waals surface area contributed by atoms with Crippen LogP contribution in [0.2, 0.25) is 5.02 Å². The Morgan fingerprint density at radius 2 is 1.90 bits per heavy atom. The summed E-state index contributed by atoms with van der Waals surface area (Å²) >= 11 is 6.02. The lowest BCUT2D eigenvalue weighted by Gasteiger charge is -2.09. The SMILES string of the molecule is Fc1ccc(NCc2cc(Cl)c3c(c2)OCO3)c(F)c1F. The maximum Gasteiger partial charge on any atom is 0.231 e. The van der Waals surface area contributed by atoms with Crippen LogP contribution in [0.3, 0.4) is 0 Å². The standard InChI is InChI=1S/C14H9ClF3NO2/c15-8-3-7(4-11-14(8)21-6-20-11)5-19-10-2-1-9(16)12(17)13(10)18/h1-4,19H,5-6H2. The summed E-state index contributed by atoms with van der Waals surface area (Å²) in [6.45, 7) is 0.252. The van der Waals surface area contributed by atoms with Crippen molar-refractivity contribution in [1.29, 1.82) is 0 Å². The van der Waals surface area contributed by atoms with Crippen LogP contribution in [0, 0.1) is 17.5 Å². The summed E-state index contributed by atoms with van der Waals surface area (Å²) in [5.74, 6) is -3.06. The first-order valence-electron chi connectivity index (χ1n) is 6.01. The average Bonchev–Trinajstić information content (AvgIpc) is 2.93. The predicted molar refractivity (Wildman–Crippen MR) is 71.2 cm³/mol. The van der Waals surface area contributed by atoms with Gasteiger partial charge < -0.3 is 14.8 Å². The van der Waals surface area contributed by atoms with Gasteiger partial charge in [0.15, 0.2) is 29.0 Å². The van der Waals surface area contributed by atoms with E-state index in [0.29, 0.717) is 22.1 Å². The Morgan fingerprint density at radius 1 is 1.10 bits per heavy atom. The first kappa shape index (κ1) is 13.9. The van der Waals surface area contributed by atoms with Crippen molar-refractivity contribution < 1.29 is 22.6 Å². The number of rotatable bonds is 3. The van der Waals surface area contributed by atoms with Gasteiger partial charge in [-0.15, -0.1) is 0 Å². The highest BCUT2D eigenvalue weighted by Crippen LogP contribution is 2.39. The Hall–Kier alpha value is -2.08. The highest BCUT2D eigenvalue weighted by molar-refractivity contribution is 6.32. The topological polar surface area (TPSA) is 30.5 Å². The zero-order valence-corrected chi connectivity index (χ0v) is 11.3. The van der Waals surface area contributed by atoms with Crippen molar-refractivity contribution in [2.24, 2.45) is 0 Å². The van der Waals surface area contributed by atoms with E-state index in [2.05, 4.69) is 5.32 Å². The molecule has 0 aromatic heterocycles. The summed E-state index contributed by atoms with van der Waals surface area (Å²) < 4.78 is 49.8. The van der Waals surface area contributed by atoms with Gasteiger partial charge in [0.2, 0.25) is 6.79 Å². The lowest BCUT2D eigenvalue weighted by atomic mass is 10.2. The zero-order valence-electron chi connectivity index (χ0n) is 10.6. The van der Waals surface area contributed by atoms with Crippen LogP contribution in [0.4, 0.5) is 18.9 Å². The number of nitrogens with one attached hydrogen (secondary N) is 1. The van der Waals surface area contributed by atoms with Crippen molar-refractivity contribution in [1.82, 2.24) is 0 Å². The molecule has 21 heavy (non-hydrogen) atoms. The van der Waals surface area contributed by atoms with Crippen molar-refractivity contribution in [2.75, 3.05) is 12.1 Å². The van der Waals surface area contributed by atoms with Gasteiger partial charge in [0.05, 0.1) is 10.7 Å². The van der Waals surface area contributed by atoms with E-state index < -0.39 is 17.5 Å². The van der Waals surface area contributed by atoms with Crippen molar-refractivity contribution in [3.8, 4) is 11.5 Å². The minimum atomic E-state index is -1.51. The van der Waals surface area contributed by atoms with Crippen molar-refractivity contribution in [3.05, 3.63) is 52.3 Å². The average molecular weight is 316 g/mol. The van der Waals surface area contributed by atoms with E-state index in [4.69, 9.17) is 21.1 Å². The summed E-state index contributed by atoms with van der Waals surface area (Å²) in [6, 6.07) is 5.29. The molecule has 1 aliphatic heterocycles. The Labute approximate surface area is 123 Å². The van der Waals surface area contributed by atoms with Crippen LogP contribution >= 0.6 is 11.6 Å². The Balaban J connectivity index is 1.80. The molecule has 0 spiro atoms. The lowest BCUT2D eigenvalue weighted by Crippen LogP contribution is -2.04. The monoisotopic (exact) mass is 315 g/mol. The normalized spacial score (nSPS) is 12.6. The molecule has 0 saturated heterocycles. The maximum atomic E-state index is 13.5. The van der Waals surface area contributed by atoms with Gasteiger partial charge in [0.1, 0.15) is 0 Å². The molecule has 7 heteroatoms. The van der Waals surface area contributed by atoms with E-state index in [1.165, 1.54) is 0 Å². The van der Waals surface area contributed by atoms with Gasteiger partial charge in [0, 0.05) is 6.54 Å². The molecule has 2 aromatic carbocycles. The summed E-state index contributed by atoms with van der Waals surface area (Å²) in [6.07, 6.45) is 0. The second-order valence-electron chi connectivity index (χ2n) is 4.39. The molecule has 0 bridgehead atoms. The molecule has 3 nitrogen and oxygen atoms in total. The van der Waals surface area contributed by atoms with Gasteiger partial charge in [-0.3, -0.25) is 0 Å². The fraction of sp³-hybridized carbons (Fsp3) is 0.143. The second-order valence-corrected chi connectivity index (χ2v) is 4.80. The summed E-state index contributed by atoms with van der Waals surface area (Å²) in [7, 11) is 0. The largest absolute Gasteiger partial charge is 0.454 e. The molecule has 0 atom stereocenters. The summed E-state index contributed by atoms with van der Waals surface area (Å²) in [5, 5.41) is 3.05. The van der Waals surface area contributed by atoms with Gasteiger partial charge in [-0.05, 0) is 29.8 Å². The van der Waals surface area contributed by atoms with Gasteiger partial charge in [0.25, 0.3) is 0 Å². The number of hydrogen-bond donors (Lipinski definition) is 1. The molecule has 1 N–H and O–H groups in total. The van der Waals surface area contributed by atoms with Crippen LogP contribution in [0.1, 0.15) is 5.56 Å². The molecule has 0 radical (unpaired) electrons. The van der Waals surface area contributed by atoms with Gasteiger partial charge >= 0.3 is 0 Å². The van der Waals surface area contributed by atoms with E-state index in [0.717, 1.165) is 12.1 Å². The molecule has 0 fully saturated rings. The molecular weight excluding hydrogens is 307 g/mol. The van der Waals surface area contributed by atoms with Crippen LogP contribution in [-0.4, -0.2) is 6.79 Å². The minimum absolute atomic E-state index is 0.0870. The number of fused-ring (bicyclic) bond motifs is 1. The molecule has 0 saturated carbocycles. The smallest absolute Gasteiger partial charge is 0.231 e. The maximum absolute atomic E-state index is 13.5. The zero-order chi connectivity index (χ0) is 15.0. The summed E-state index contributed by atoms with van der Waals surface area (Å²) in [4.78, 5) is 0. The van der Waals surface area contributed by atoms with Crippen LogP contribution in [0.15, 0.2) is 24.3 Å². The Morgan fingerprint density at radius 3 is 2.71 bits per heavy atom. The molecule has 0 amide bonds. The molecule has 2 aromatic rings. The third-order valence-corrected chi connectivity index (χ3v) is 3.29. The van der Waals surface area contributed by atoms with Crippen LogP contribution in [0.25, 0.3) is 0 Å². The third kappa shape index (κ3) is 2.58. The van der Waals surface area contributed by atoms with Crippen LogP contribution in [0.5, 0.6) is 11.5 Å². The van der Waals surface area contributed by atoms with E-state index in [1.54, 1.807) is 12.1 Å². The lowest BCUT2D eigenvalue weighted by molar-refractivity contribution is 0.174. The van der Waals surface area contributed by atoms with Gasteiger partial charge in [-0.2, -0.15) is 0 Å². The second kappa shape index (κ2) is 5.37. The Kier molecular flexibility index (Phi) is 3.55. The number of anilines is 1. The van der Waals surface area contributed by atoms with E-state index in [1.807, 2.05) is 0 Å². The molecule has 3 rings (SSSR count). The van der Waals surface area contributed by atoms with Gasteiger partial charge in [-0.1, -0.05) is 11.6 Å². The number of ether oxygens (including phenoxy) is 2. The quantitative estimate of drug-likeness (QED) is 0.865. The fourth-order valence-electron chi connectivity index (χ4n) is 1.98. The minimum Gasteiger partial charge on any atom is -0.454 e. The van der Waals surface area contributed by atoms with Crippen LogP contribution < -0.4 is 14.8 Å². The Bertz CT molecular complexity index is 709. The first-order valence-corrected chi connectivity index (χ1v) is 6.39. The number of hydrogen-bond acceptors (Lipinski definition) is 3. The van der Waals surface area contributed by atoms with Crippen molar-refractivity contribution in [2.45, 2.75) is 6.54 Å². The van der Waals surface area contributed by atoms with E-state index >= 15 is 0 Å². The van der Waals surface area contributed by atoms with Crippen molar-refractivity contribution in [3.63, 3.8) is 0 Å². The summed E-state index contributed by atoms with van der Waals surface area (Å²) in [5.41, 5.74) is 0.552. The van der Waals surface area contributed by atoms with E-state index in [-0.39, 0.29) is 19.0 Å². The van der Waals surface area contributed by atoms with Crippen LogP contribution in [-0.2, 0) is 6.54 Å². The highest BCUT2D eigenvalue weighted by atomic mass is 35.5. The number of benzene rings is 2. The van der Waals surface area contributed by atoms with Crippen molar-refractivity contribution >= 4 is 17.3 Å². The number of halogens is 4. The molecule has 0 unspecified atom stereocenters. The highest BCUT2D eigenvalue weighted by Gasteiger charge is 2.18. The molecule has 0 aliphatic carbocycles. The third-order valence-electron chi connectivity index (χ3n) is 3.01. The molecule has 110 valence electrons. The first-order chi connectivity index (χ1) is 10.1. The fourth-order valence-corrected chi connectivity index (χ4v) is 2.27. The predicted octanol–water partition coefficient (Wildman–Crippen LogP) is 4.10. The molecule has 1 aliphatic rings. The van der Waals surface area contributed by atoms with E-state index in [9.17, 15) is 13.2 Å².